The van der Waals surface area contributed by atoms with Crippen LogP contribution in [0.1, 0.15) is 15.9 Å². The van der Waals surface area contributed by atoms with E-state index in [1.165, 1.54) is 0 Å². The Morgan fingerprint density at radius 2 is 1.67 bits per heavy atom. The third-order valence-electron chi connectivity index (χ3n) is 2.73. The number of amides is 1. The molecule has 0 heterocycles. The Morgan fingerprint density at radius 3 is 2.33 bits per heavy atom. The molecule has 0 unspecified atom stereocenters. The van der Waals surface area contributed by atoms with Crippen molar-refractivity contribution in [2.75, 3.05) is 7.05 Å². The first-order valence-corrected chi connectivity index (χ1v) is 6.51. The molecular formula is C15H14BrNO. The number of carbonyl (C=O) groups excluding carboxylic acids is 1. The molecule has 0 N–H and O–H groups in total. The van der Waals surface area contributed by atoms with E-state index >= 15 is 0 Å². The van der Waals surface area contributed by atoms with Gasteiger partial charge in [-0.2, -0.15) is 0 Å². The van der Waals surface area contributed by atoms with Crippen LogP contribution in [0.3, 0.4) is 0 Å². The van der Waals surface area contributed by atoms with Crippen LogP contribution >= 0.6 is 15.9 Å². The van der Waals surface area contributed by atoms with Crippen LogP contribution < -0.4 is 0 Å². The standard InChI is InChI=1S/C15H14BrNO/c1-17(11-13-9-5-6-10-14(13)16)15(18)12-7-3-2-4-8-12/h2-10H,11H2,1H3. The fourth-order valence-electron chi connectivity index (χ4n) is 1.76. The molecule has 0 bridgehead atoms. The first-order chi connectivity index (χ1) is 8.68. The van der Waals surface area contributed by atoms with Crippen molar-refractivity contribution in [2.45, 2.75) is 6.54 Å². The molecule has 0 fully saturated rings. The summed E-state index contributed by atoms with van der Waals surface area (Å²) in [5.41, 5.74) is 1.82. The van der Waals surface area contributed by atoms with Gasteiger partial charge in [0, 0.05) is 23.6 Å². The molecule has 2 aromatic rings. The number of nitrogens with zero attached hydrogens (tertiary/aromatic N) is 1. The van der Waals surface area contributed by atoms with E-state index in [1.54, 1.807) is 4.90 Å². The van der Waals surface area contributed by atoms with Crippen molar-refractivity contribution in [3.05, 3.63) is 70.2 Å². The van der Waals surface area contributed by atoms with E-state index < -0.39 is 0 Å². The summed E-state index contributed by atoms with van der Waals surface area (Å²) in [5.74, 6) is 0.0337. The molecule has 0 spiro atoms. The van der Waals surface area contributed by atoms with Crippen molar-refractivity contribution >= 4 is 21.8 Å². The van der Waals surface area contributed by atoms with E-state index in [0.717, 1.165) is 10.0 Å². The van der Waals surface area contributed by atoms with Crippen molar-refractivity contribution in [3.8, 4) is 0 Å². The molecule has 2 rings (SSSR count). The fraction of sp³-hybridized carbons (Fsp3) is 0.133. The molecule has 0 saturated heterocycles. The minimum atomic E-state index is 0.0337. The van der Waals surface area contributed by atoms with Crippen LogP contribution in [0.15, 0.2) is 59.1 Å². The minimum absolute atomic E-state index is 0.0337. The summed E-state index contributed by atoms with van der Waals surface area (Å²) in [4.78, 5) is 13.9. The maximum Gasteiger partial charge on any atom is 0.253 e. The maximum atomic E-state index is 12.2. The van der Waals surface area contributed by atoms with Crippen molar-refractivity contribution in [3.63, 3.8) is 0 Å². The predicted molar refractivity (Wildman–Crippen MR) is 76.4 cm³/mol. The Labute approximate surface area is 115 Å². The maximum absolute atomic E-state index is 12.2. The second-order valence-electron chi connectivity index (χ2n) is 4.12. The first-order valence-electron chi connectivity index (χ1n) is 5.72. The van der Waals surface area contributed by atoms with Crippen LogP contribution in [0.4, 0.5) is 0 Å². The van der Waals surface area contributed by atoms with Gasteiger partial charge < -0.3 is 4.90 Å². The Kier molecular flexibility index (Phi) is 4.15. The zero-order valence-corrected chi connectivity index (χ0v) is 11.7. The van der Waals surface area contributed by atoms with Gasteiger partial charge in [0.15, 0.2) is 0 Å². The summed E-state index contributed by atoms with van der Waals surface area (Å²) in [7, 11) is 1.81. The highest BCUT2D eigenvalue weighted by molar-refractivity contribution is 9.10. The second kappa shape index (κ2) is 5.83. The lowest BCUT2D eigenvalue weighted by Crippen LogP contribution is -2.26. The molecule has 0 aliphatic rings. The molecule has 0 radical (unpaired) electrons. The van der Waals surface area contributed by atoms with Gasteiger partial charge in [-0.25, -0.2) is 0 Å². The zero-order valence-electron chi connectivity index (χ0n) is 10.1. The molecule has 1 amide bonds. The minimum Gasteiger partial charge on any atom is -0.337 e. The molecule has 92 valence electrons. The topological polar surface area (TPSA) is 20.3 Å². The van der Waals surface area contributed by atoms with Crippen molar-refractivity contribution in [2.24, 2.45) is 0 Å². The summed E-state index contributed by atoms with van der Waals surface area (Å²) in [6.07, 6.45) is 0. The lowest BCUT2D eigenvalue weighted by Gasteiger charge is -2.18. The lowest BCUT2D eigenvalue weighted by molar-refractivity contribution is 0.0785. The van der Waals surface area contributed by atoms with E-state index in [0.29, 0.717) is 12.1 Å². The smallest absolute Gasteiger partial charge is 0.253 e. The number of rotatable bonds is 3. The molecular weight excluding hydrogens is 290 g/mol. The molecule has 0 aliphatic carbocycles. The molecule has 0 saturated carbocycles. The van der Waals surface area contributed by atoms with Gasteiger partial charge in [-0.3, -0.25) is 4.79 Å². The summed E-state index contributed by atoms with van der Waals surface area (Å²) < 4.78 is 1.03. The third kappa shape index (κ3) is 2.99. The van der Waals surface area contributed by atoms with Gasteiger partial charge >= 0.3 is 0 Å². The second-order valence-corrected chi connectivity index (χ2v) is 4.97. The fourth-order valence-corrected chi connectivity index (χ4v) is 2.17. The third-order valence-corrected chi connectivity index (χ3v) is 3.51. The quantitative estimate of drug-likeness (QED) is 0.846. The number of halogens is 1. The molecule has 18 heavy (non-hydrogen) atoms. The van der Waals surface area contributed by atoms with Gasteiger partial charge in [-0.15, -0.1) is 0 Å². The van der Waals surface area contributed by atoms with Crippen molar-refractivity contribution in [1.29, 1.82) is 0 Å². The Hall–Kier alpha value is -1.61. The van der Waals surface area contributed by atoms with E-state index in [2.05, 4.69) is 15.9 Å². The lowest BCUT2D eigenvalue weighted by atomic mass is 10.1. The molecule has 0 atom stereocenters. The number of carbonyl (C=O) groups is 1. The zero-order chi connectivity index (χ0) is 13.0. The Bertz CT molecular complexity index is 539. The van der Waals surface area contributed by atoms with Crippen LogP contribution in [0.25, 0.3) is 0 Å². The highest BCUT2D eigenvalue weighted by Crippen LogP contribution is 2.18. The van der Waals surface area contributed by atoms with Crippen LogP contribution in [0.2, 0.25) is 0 Å². The highest BCUT2D eigenvalue weighted by Gasteiger charge is 2.12. The van der Waals surface area contributed by atoms with Crippen LogP contribution in [-0.2, 0) is 6.54 Å². The molecule has 2 nitrogen and oxygen atoms in total. The van der Waals surface area contributed by atoms with Crippen LogP contribution in [-0.4, -0.2) is 17.9 Å². The Morgan fingerprint density at radius 1 is 1.06 bits per heavy atom. The van der Waals surface area contributed by atoms with Crippen molar-refractivity contribution < 1.29 is 4.79 Å². The van der Waals surface area contributed by atoms with Gasteiger partial charge in [0.25, 0.3) is 5.91 Å². The average Bonchev–Trinajstić information content (AvgIpc) is 2.41. The Balaban J connectivity index is 2.11. The first kappa shape index (κ1) is 12.8. The largest absolute Gasteiger partial charge is 0.337 e. The van der Waals surface area contributed by atoms with Gasteiger partial charge in [0.05, 0.1) is 0 Å². The number of hydrogen-bond donors (Lipinski definition) is 0. The summed E-state index contributed by atoms with van der Waals surface area (Å²) in [6, 6.07) is 17.3. The van der Waals surface area contributed by atoms with E-state index in [-0.39, 0.29) is 5.91 Å². The summed E-state index contributed by atoms with van der Waals surface area (Å²) in [5, 5.41) is 0. The summed E-state index contributed by atoms with van der Waals surface area (Å²) in [6.45, 7) is 0.592. The van der Waals surface area contributed by atoms with Gasteiger partial charge in [0.2, 0.25) is 0 Å². The van der Waals surface area contributed by atoms with Crippen LogP contribution in [0, 0.1) is 0 Å². The normalized spacial score (nSPS) is 10.1. The van der Waals surface area contributed by atoms with Crippen molar-refractivity contribution in [1.82, 2.24) is 4.90 Å². The SMILES string of the molecule is CN(Cc1ccccc1Br)C(=O)c1ccccc1. The monoisotopic (exact) mass is 303 g/mol. The van der Waals surface area contributed by atoms with E-state index in [1.807, 2.05) is 61.6 Å². The average molecular weight is 304 g/mol. The predicted octanol–water partition coefficient (Wildman–Crippen LogP) is 3.72. The van der Waals surface area contributed by atoms with Gasteiger partial charge in [-0.05, 0) is 23.8 Å². The highest BCUT2D eigenvalue weighted by atomic mass is 79.9. The van der Waals surface area contributed by atoms with Gasteiger partial charge in [0.1, 0.15) is 0 Å². The molecule has 0 aliphatic heterocycles. The molecule has 0 aromatic heterocycles. The van der Waals surface area contributed by atoms with E-state index in [4.69, 9.17) is 0 Å². The molecule has 2 aromatic carbocycles. The summed E-state index contributed by atoms with van der Waals surface area (Å²) >= 11 is 3.49. The number of benzene rings is 2. The van der Waals surface area contributed by atoms with Crippen LogP contribution in [0.5, 0.6) is 0 Å². The van der Waals surface area contributed by atoms with E-state index in [9.17, 15) is 4.79 Å². The number of hydrogen-bond acceptors (Lipinski definition) is 1. The molecule has 3 heteroatoms. The van der Waals surface area contributed by atoms with Gasteiger partial charge in [-0.1, -0.05) is 52.3 Å².